The van der Waals surface area contributed by atoms with Crippen LogP contribution in [-0.4, -0.2) is 33.7 Å². The van der Waals surface area contributed by atoms with Crippen LogP contribution >= 0.6 is 0 Å². The zero-order valence-corrected chi connectivity index (χ0v) is 13.7. The van der Waals surface area contributed by atoms with Crippen molar-refractivity contribution in [3.05, 3.63) is 52.6 Å². The van der Waals surface area contributed by atoms with E-state index < -0.39 is 30.5 Å². The Labute approximate surface area is 147 Å². The number of hydrogen-bond donors (Lipinski definition) is 3. The van der Waals surface area contributed by atoms with Gasteiger partial charge in [0.25, 0.3) is 0 Å². The van der Waals surface area contributed by atoms with Crippen LogP contribution < -0.4 is 4.74 Å². The number of aliphatic carboxylic acids is 1. The van der Waals surface area contributed by atoms with E-state index in [4.69, 9.17) is 5.11 Å². The maximum Gasteiger partial charge on any atom is 0.387 e. The molecule has 0 aliphatic heterocycles. The van der Waals surface area contributed by atoms with Crippen LogP contribution in [0.4, 0.5) is 8.78 Å². The molecule has 0 saturated heterocycles. The molecule has 0 fully saturated rings. The van der Waals surface area contributed by atoms with Crippen molar-refractivity contribution in [2.75, 3.05) is 0 Å². The largest absolute Gasteiger partial charge is 0.508 e. The predicted molar refractivity (Wildman–Crippen MR) is 87.0 cm³/mol. The van der Waals surface area contributed by atoms with Crippen LogP contribution in [0.15, 0.2) is 30.3 Å². The van der Waals surface area contributed by atoms with E-state index in [9.17, 15) is 28.6 Å². The molecule has 0 heterocycles. The molecule has 26 heavy (non-hydrogen) atoms. The number of carbonyl (C=O) groups excluding carboxylic acids is 1. The lowest BCUT2D eigenvalue weighted by Gasteiger charge is -2.15. The van der Waals surface area contributed by atoms with Gasteiger partial charge < -0.3 is 20.1 Å². The number of phenolic OH excluding ortho intramolecular Hbond substituents is 2. The molecule has 0 aromatic heterocycles. The predicted octanol–water partition coefficient (Wildman–Crippen LogP) is 3.12. The lowest BCUT2D eigenvalue weighted by molar-refractivity contribution is -0.136. The second kappa shape index (κ2) is 7.81. The number of carboxylic acids is 1. The van der Waals surface area contributed by atoms with Gasteiger partial charge in [0.05, 0.1) is 12.0 Å². The molecule has 0 aliphatic rings. The summed E-state index contributed by atoms with van der Waals surface area (Å²) in [7, 11) is 0. The average molecular weight is 366 g/mol. The molecule has 138 valence electrons. The van der Waals surface area contributed by atoms with Gasteiger partial charge in [-0.3, -0.25) is 9.59 Å². The number of benzene rings is 2. The lowest BCUT2D eigenvalue weighted by Crippen LogP contribution is -2.13. The fraction of sp³-hybridized carbons (Fsp3) is 0.222. The molecule has 0 spiro atoms. The minimum Gasteiger partial charge on any atom is -0.508 e. The highest BCUT2D eigenvalue weighted by atomic mass is 19.3. The number of rotatable bonds is 7. The van der Waals surface area contributed by atoms with Gasteiger partial charge in [0.15, 0.2) is 5.78 Å². The first kappa shape index (κ1) is 19.2. The Morgan fingerprint density at radius 3 is 2.19 bits per heavy atom. The molecule has 8 heteroatoms. The first-order valence-electron chi connectivity index (χ1n) is 7.62. The minimum absolute atomic E-state index is 0.00964. The fourth-order valence-electron chi connectivity index (χ4n) is 2.68. The Hall–Kier alpha value is -3.16. The highest BCUT2D eigenvalue weighted by molar-refractivity contribution is 6.12. The maximum atomic E-state index is 12.8. The maximum absolute atomic E-state index is 12.8. The van der Waals surface area contributed by atoms with E-state index in [0.717, 1.165) is 18.2 Å². The van der Waals surface area contributed by atoms with Crippen molar-refractivity contribution in [3.63, 3.8) is 0 Å². The standard InChI is InChI=1S/C18H16F2O6/c1-2-11-12(7-15(23)24)16(14(22)8-13(11)21)17(25)9-3-5-10(6-4-9)26-18(19)20/h3-6,8,18,21-22H,2,7H2,1H3,(H,23,24). The van der Waals surface area contributed by atoms with Crippen molar-refractivity contribution in [2.45, 2.75) is 26.4 Å². The van der Waals surface area contributed by atoms with Crippen LogP contribution in [0.5, 0.6) is 17.2 Å². The number of phenols is 2. The molecule has 6 nitrogen and oxygen atoms in total. The highest BCUT2D eigenvalue weighted by Crippen LogP contribution is 2.35. The van der Waals surface area contributed by atoms with Crippen molar-refractivity contribution < 1.29 is 38.4 Å². The first-order chi connectivity index (χ1) is 12.2. The van der Waals surface area contributed by atoms with Crippen LogP contribution in [0.3, 0.4) is 0 Å². The van der Waals surface area contributed by atoms with Crippen molar-refractivity contribution in [2.24, 2.45) is 0 Å². The third kappa shape index (κ3) is 4.08. The zero-order valence-electron chi connectivity index (χ0n) is 13.7. The Morgan fingerprint density at radius 2 is 1.69 bits per heavy atom. The van der Waals surface area contributed by atoms with Crippen LogP contribution in [-0.2, 0) is 17.6 Å². The number of carbonyl (C=O) groups is 2. The van der Waals surface area contributed by atoms with E-state index >= 15 is 0 Å². The van der Waals surface area contributed by atoms with Gasteiger partial charge in [0.1, 0.15) is 17.2 Å². The summed E-state index contributed by atoms with van der Waals surface area (Å²) in [6.07, 6.45) is -0.324. The van der Waals surface area contributed by atoms with Gasteiger partial charge in [-0.05, 0) is 41.8 Å². The molecular formula is C18H16F2O6. The van der Waals surface area contributed by atoms with Crippen molar-refractivity contribution in [1.29, 1.82) is 0 Å². The molecule has 0 aliphatic carbocycles. The summed E-state index contributed by atoms with van der Waals surface area (Å²) in [5.74, 6) is -2.95. The molecule has 0 saturated carbocycles. The van der Waals surface area contributed by atoms with Gasteiger partial charge in [-0.15, -0.1) is 0 Å². The van der Waals surface area contributed by atoms with E-state index in [1.54, 1.807) is 6.92 Å². The normalized spacial score (nSPS) is 10.8. The van der Waals surface area contributed by atoms with Gasteiger partial charge in [0.2, 0.25) is 0 Å². The second-order valence-corrected chi connectivity index (χ2v) is 5.40. The van der Waals surface area contributed by atoms with Crippen LogP contribution in [0.1, 0.15) is 34.0 Å². The van der Waals surface area contributed by atoms with Crippen LogP contribution in [0, 0.1) is 0 Å². The molecule has 0 amide bonds. The molecule has 3 N–H and O–H groups in total. The molecule has 2 rings (SSSR count). The summed E-state index contributed by atoms with van der Waals surface area (Å²) in [4.78, 5) is 23.9. The summed E-state index contributed by atoms with van der Waals surface area (Å²) in [6.45, 7) is -1.34. The Balaban J connectivity index is 2.52. The van der Waals surface area contributed by atoms with Crippen molar-refractivity contribution in [3.8, 4) is 17.2 Å². The first-order valence-corrected chi connectivity index (χ1v) is 7.62. The van der Waals surface area contributed by atoms with Gasteiger partial charge in [-0.25, -0.2) is 0 Å². The molecule has 2 aromatic carbocycles. The van der Waals surface area contributed by atoms with Crippen LogP contribution in [0.25, 0.3) is 0 Å². The Morgan fingerprint density at radius 1 is 1.08 bits per heavy atom. The van der Waals surface area contributed by atoms with E-state index in [-0.39, 0.29) is 40.2 Å². The molecule has 0 atom stereocenters. The molecule has 0 bridgehead atoms. The molecular weight excluding hydrogens is 350 g/mol. The quantitative estimate of drug-likeness (QED) is 0.651. The van der Waals surface area contributed by atoms with E-state index in [1.807, 2.05) is 0 Å². The number of aromatic hydroxyl groups is 2. The third-order valence-electron chi connectivity index (χ3n) is 3.76. The zero-order chi connectivity index (χ0) is 19.4. The molecule has 2 aromatic rings. The van der Waals surface area contributed by atoms with E-state index in [1.165, 1.54) is 12.1 Å². The number of ether oxygens (including phenoxy) is 1. The average Bonchev–Trinajstić information content (AvgIpc) is 2.54. The summed E-state index contributed by atoms with van der Waals surface area (Å²) in [5, 5.41) is 29.1. The summed E-state index contributed by atoms with van der Waals surface area (Å²) in [6, 6.07) is 5.75. The number of hydrogen-bond acceptors (Lipinski definition) is 5. The minimum atomic E-state index is -3.01. The Kier molecular flexibility index (Phi) is 5.76. The number of halogens is 2. The number of ketones is 1. The van der Waals surface area contributed by atoms with Gasteiger partial charge in [0, 0.05) is 11.6 Å². The number of alkyl halides is 2. The van der Waals surface area contributed by atoms with E-state index in [0.29, 0.717) is 0 Å². The van der Waals surface area contributed by atoms with Gasteiger partial charge >= 0.3 is 12.6 Å². The smallest absolute Gasteiger partial charge is 0.387 e. The van der Waals surface area contributed by atoms with Gasteiger partial charge in [-0.1, -0.05) is 6.92 Å². The third-order valence-corrected chi connectivity index (χ3v) is 3.76. The van der Waals surface area contributed by atoms with Crippen LogP contribution in [0.2, 0.25) is 0 Å². The molecule has 0 radical (unpaired) electrons. The topological polar surface area (TPSA) is 104 Å². The van der Waals surface area contributed by atoms with Crippen molar-refractivity contribution >= 4 is 11.8 Å². The monoisotopic (exact) mass is 366 g/mol. The second-order valence-electron chi connectivity index (χ2n) is 5.40. The summed E-state index contributed by atoms with van der Waals surface area (Å²) < 4.78 is 28.6. The van der Waals surface area contributed by atoms with Gasteiger partial charge in [-0.2, -0.15) is 8.78 Å². The van der Waals surface area contributed by atoms with E-state index in [2.05, 4.69) is 4.74 Å². The lowest BCUT2D eigenvalue weighted by atomic mass is 9.90. The fourth-order valence-corrected chi connectivity index (χ4v) is 2.68. The molecule has 0 unspecified atom stereocenters. The van der Waals surface area contributed by atoms with Crippen molar-refractivity contribution in [1.82, 2.24) is 0 Å². The Bertz CT molecular complexity index is 831. The summed E-state index contributed by atoms with van der Waals surface area (Å²) in [5.41, 5.74) is 0.0486. The SMILES string of the molecule is CCc1c(O)cc(O)c(C(=O)c2ccc(OC(F)F)cc2)c1CC(=O)O. The number of carboxylic acid groups (broad SMARTS) is 1. The summed E-state index contributed by atoms with van der Waals surface area (Å²) >= 11 is 0. The highest BCUT2D eigenvalue weighted by Gasteiger charge is 2.24.